The van der Waals surface area contributed by atoms with Gasteiger partial charge in [-0.2, -0.15) is 0 Å². The molecule has 1 heterocycles. The van der Waals surface area contributed by atoms with Crippen molar-refractivity contribution in [2.75, 3.05) is 13.2 Å². The standard InChI is InChI=1S/C12H16BrNO2/c13-10-6-9(11(15)7-14)5-8-3-1-2-4-16-12(8)10/h5-6,11,15H,1-4,7,14H2. The average Bonchev–Trinajstić information content (AvgIpc) is 2.53. The normalized spacial score (nSPS) is 17.2. The number of benzene rings is 1. The highest BCUT2D eigenvalue weighted by Crippen LogP contribution is 2.35. The van der Waals surface area contributed by atoms with Crippen molar-refractivity contribution in [3.05, 3.63) is 27.7 Å². The minimum absolute atomic E-state index is 0.242. The Morgan fingerprint density at radius 2 is 2.25 bits per heavy atom. The molecule has 0 aliphatic carbocycles. The number of nitrogens with two attached hydrogens (primary N) is 1. The summed E-state index contributed by atoms with van der Waals surface area (Å²) in [5, 5.41) is 9.74. The number of rotatable bonds is 2. The SMILES string of the molecule is NCC(O)c1cc(Br)c2c(c1)CCCCO2. The van der Waals surface area contributed by atoms with Crippen LogP contribution in [0.25, 0.3) is 0 Å². The van der Waals surface area contributed by atoms with Gasteiger partial charge in [-0.15, -0.1) is 0 Å². The van der Waals surface area contributed by atoms with Gasteiger partial charge in [0.15, 0.2) is 0 Å². The van der Waals surface area contributed by atoms with Gasteiger partial charge in [-0.1, -0.05) is 0 Å². The van der Waals surface area contributed by atoms with E-state index in [1.54, 1.807) is 0 Å². The third-order valence-corrected chi connectivity index (χ3v) is 3.43. The van der Waals surface area contributed by atoms with Gasteiger partial charge in [0.1, 0.15) is 5.75 Å². The van der Waals surface area contributed by atoms with Crippen LogP contribution < -0.4 is 10.5 Å². The van der Waals surface area contributed by atoms with Crippen molar-refractivity contribution >= 4 is 15.9 Å². The van der Waals surface area contributed by atoms with Gasteiger partial charge < -0.3 is 15.6 Å². The second-order valence-electron chi connectivity index (χ2n) is 4.05. The molecule has 1 aliphatic heterocycles. The fourth-order valence-electron chi connectivity index (χ4n) is 1.94. The molecule has 0 amide bonds. The fraction of sp³-hybridized carbons (Fsp3) is 0.500. The Morgan fingerprint density at radius 3 is 3.00 bits per heavy atom. The Labute approximate surface area is 104 Å². The predicted molar refractivity (Wildman–Crippen MR) is 66.6 cm³/mol. The molecule has 1 aromatic rings. The van der Waals surface area contributed by atoms with Gasteiger partial charge in [-0.25, -0.2) is 0 Å². The number of aliphatic hydroxyl groups is 1. The number of ether oxygens (including phenoxy) is 1. The molecule has 1 unspecified atom stereocenters. The lowest BCUT2D eigenvalue weighted by Gasteiger charge is -2.14. The molecular weight excluding hydrogens is 270 g/mol. The first-order valence-corrected chi connectivity index (χ1v) is 6.35. The van der Waals surface area contributed by atoms with Crippen LogP contribution in [-0.4, -0.2) is 18.3 Å². The molecule has 0 saturated carbocycles. The number of fused-ring (bicyclic) bond motifs is 1. The van der Waals surface area contributed by atoms with Crippen LogP contribution in [-0.2, 0) is 6.42 Å². The molecule has 1 aromatic carbocycles. The summed E-state index contributed by atoms with van der Waals surface area (Å²) in [6.45, 7) is 1.01. The largest absolute Gasteiger partial charge is 0.492 e. The Bertz CT molecular complexity index is 382. The van der Waals surface area contributed by atoms with Gasteiger partial charge in [0.25, 0.3) is 0 Å². The number of halogens is 1. The number of hydrogen-bond donors (Lipinski definition) is 2. The lowest BCUT2D eigenvalue weighted by atomic mass is 10.0. The van der Waals surface area contributed by atoms with Crippen molar-refractivity contribution in [1.82, 2.24) is 0 Å². The van der Waals surface area contributed by atoms with E-state index in [2.05, 4.69) is 15.9 Å². The minimum Gasteiger partial charge on any atom is -0.492 e. The smallest absolute Gasteiger partial charge is 0.136 e. The highest BCUT2D eigenvalue weighted by atomic mass is 79.9. The fourth-order valence-corrected chi connectivity index (χ4v) is 2.57. The maximum Gasteiger partial charge on any atom is 0.136 e. The third kappa shape index (κ3) is 2.39. The average molecular weight is 286 g/mol. The lowest BCUT2D eigenvalue weighted by Crippen LogP contribution is -2.12. The monoisotopic (exact) mass is 285 g/mol. The molecule has 16 heavy (non-hydrogen) atoms. The van der Waals surface area contributed by atoms with Gasteiger partial charge in [0.2, 0.25) is 0 Å². The van der Waals surface area contributed by atoms with Crippen molar-refractivity contribution in [2.24, 2.45) is 5.73 Å². The number of aliphatic hydroxyl groups excluding tert-OH is 1. The molecule has 4 heteroatoms. The minimum atomic E-state index is -0.593. The van der Waals surface area contributed by atoms with Gasteiger partial charge in [0, 0.05) is 6.54 Å². The van der Waals surface area contributed by atoms with Crippen LogP contribution in [0.15, 0.2) is 16.6 Å². The number of aryl methyl sites for hydroxylation is 1. The predicted octanol–water partition coefficient (Wildman–Crippen LogP) is 2.16. The highest BCUT2D eigenvalue weighted by Gasteiger charge is 2.16. The maximum absolute atomic E-state index is 9.74. The summed E-state index contributed by atoms with van der Waals surface area (Å²) in [6.07, 6.45) is 2.61. The summed E-state index contributed by atoms with van der Waals surface area (Å²) in [7, 11) is 0. The lowest BCUT2D eigenvalue weighted by molar-refractivity contribution is 0.186. The van der Waals surface area contributed by atoms with Crippen LogP contribution in [0.1, 0.15) is 30.1 Å². The third-order valence-electron chi connectivity index (χ3n) is 2.84. The molecule has 0 spiro atoms. The van der Waals surface area contributed by atoms with Crippen molar-refractivity contribution in [1.29, 1.82) is 0 Å². The molecule has 0 radical (unpaired) electrons. The first kappa shape index (κ1) is 11.9. The van der Waals surface area contributed by atoms with Gasteiger partial charge in [0.05, 0.1) is 17.2 Å². The highest BCUT2D eigenvalue weighted by molar-refractivity contribution is 9.10. The maximum atomic E-state index is 9.74. The molecule has 1 aliphatic rings. The zero-order valence-corrected chi connectivity index (χ0v) is 10.7. The second-order valence-corrected chi connectivity index (χ2v) is 4.90. The van der Waals surface area contributed by atoms with Crippen molar-refractivity contribution in [2.45, 2.75) is 25.4 Å². The van der Waals surface area contributed by atoms with Crippen molar-refractivity contribution < 1.29 is 9.84 Å². The quantitative estimate of drug-likeness (QED) is 0.876. The van der Waals surface area contributed by atoms with Crippen LogP contribution in [0.3, 0.4) is 0 Å². The molecule has 3 N–H and O–H groups in total. The molecule has 2 rings (SSSR count). The molecule has 0 saturated heterocycles. The van der Waals surface area contributed by atoms with Gasteiger partial charge in [-0.05, 0) is 58.5 Å². The van der Waals surface area contributed by atoms with E-state index in [0.29, 0.717) is 0 Å². The molecule has 0 bridgehead atoms. The Balaban J connectivity index is 2.39. The van der Waals surface area contributed by atoms with Crippen LogP contribution in [0.2, 0.25) is 0 Å². The summed E-state index contributed by atoms with van der Waals surface area (Å²) in [4.78, 5) is 0. The Morgan fingerprint density at radius 1 is 1.44 bits per heavy atom. The van der Waals surface area contributed by atoms with E-state index in [1.807, 2.05) is 12.1 Å². The van der Waals surface area contributed by atoms with E-state index in [0.717, 1.165) is 47.2 Å². The molecule has 0 aromatic heterocycles. The van der Waals surface area contributed by atoms with Gasteiger partial charge >= 0.3 is 0 Å². The summed E-state index contributed by atoms with van der Waals surface area (Å²) in [5.41, 5.74) is 7.49. The number of hydrogen-bond acceptors (Lipinski definition) is 3. The van der Waals surface area contributed by atoms with E-state index in [4.69, 9.17) is 10.5 Å². The van der Waals surface area contributed by atoms with E-state index in [1.165, 1.54) is 0 Å². The zero-order chi connectivity index (χ0) is 11.5. The second kappa shape index (κ2) is 5.17. The van der Waals surface area contributed by atoms with E-state index in [9.17, 15) is 5.11 Å². The van der Waals surface area contributed by atoms with Crippen molar-refractivity contribution in [3.8, 4) is 5.75 Å². The van der Waals surface area contributed by atoms with E-state index < -0.39 is 6.10 Å². The molecular formula is C12H16BrNO2. The Kier molecular flexibility index (Phi) is 3.84. The Hall–Kier alpha value is -0.580. The van der Waals surface area contributed by atoms with E-state index in [-0.39, 0.29) is 6.54 Å². The summed E-state index contributed by atoms with van der Waals surface area (Å²) in [6, 6.07) is 3.89. The topological polar surface area (TPSA) is 55.5 Å². The van der Waals surface area contributed by atoms with Crippen LogP contribution >= 0.6 is 15.9 Å². The first-order chi connectivity index (χ1) is 7.72. The molecule has 0 fully saturated rings. The summed E-state index contributed by atoms with van der Waals surface area (Å²) >= 11 is 3.49. The summed E-state index contributed by atoms with van der Waals surface area (Å²) < 4.78 is 6.60. The van der Waals surface area contributed by atoms with E-state index >= 15 is 0 Å². The van der Waals surface area contributed by atoms with Crippen LogP contribution in [0, 0.1) is 0 Å². The molecule has 1 atom stereocenters. The van der Waals surface area contributed by atoms with Crippen LogP contribution in [0.5, 0.6) is 5.75 Å². The molecule has 88 valence electrons. The molecule has 3 nitrogen and oxygen atoms in total. The first-order valence-electron chi connectivity index (χ1n) is 5.55. The van der Waals surface area contributed by atoms with Crippen molar-refractivity contribution in [3.63, 3.8) is 0 Å². The summed E-state index contributed by atoms with van der Waals surface area (Å²) in [5.74, 6) is 0.922. The van der Waals surface area contributed by atoms with Gasteiger partial charge in [-0.3, -0.25) is 0 Å². The zero-order valence-electron chi connectivity index (χ0n) is 9.08. The van der Waals surface area contributed by atoms with Crippen LogP contribution in [0.4, 0.5) is 0 Å².